The summed E-state index contributed by atoms with van der Waals surface area (Å²) < 4.78 is 0. The number of carbonyl (C=O) groups excluding carboxylic acids is 4. The highest BCUT2D eigenvalue weighted by Gasteiger charge is 2.45. The molecule has 1 aromatic rings. The molecule has 0 radical (unpaired) electrons. The quantitative estimate of drug-likeness (QED) is 0.513. The van der Waals surface area contributed by atoms with E-state index in [1.807, 2.05) is 0 Å². The molecule has 5 heteroatoms. The predicted octanol–water partition coefficient (Wildman–Crippen LogP) is 2.90. The minimum atomic E-state index is -1.41. The first kappa shape index (κ1) is 17.3. The van der Waals surface area contributed by atoms with E-state index in [0.717, 1.165) is 0 Å². The van der Waals surface area contributed by atoms with Gasteiger partial charge in [-0.2, -0.15) is 0 Å². The molecule has 5 nitrogen and oxygen atoms in total. The monoisotopic (exact) mass is 323 g/mol. The summed E-state index contributed by atoms with van der Waals surface area (Å²) in [5.74, 6) is -3.46. The van der Waals surface area contributed by atoms with Crippen LogP contribution in [0.25, 0.3) is 0 Å². The maximum absolute atomic E-state index is 12.7. The van der Waals surface area contributed by atoms with Gasteiger partial charge >= 0.3 is 0 Å². The van der Waals surface area contributed by atoms with E-state index in [0.29, 0.717) is 0 Å². The molecule has 0 aromatic heterocycles. The molecule has 0 fully saturated rings. The number of carbonyl (C=O) groups is 4. The van der Waals surface area contributed by atoms with E-state index in [1.54, 1.807) is 25.1 Å². The molecule has 0 bridgehead atoms. The number of amides is 1. The second-order valence-electron chi connectivity index (χ2n) is 5.27. The van der Waals surface area contributed by atoms with E-state index in [9.17, 15) is 19.2 Å². The lowest BCUT2D eigenvalue weighted by Crippen LogP contribution is -2.26. The number of ketones is 3. The average molecular weight is 323 g/mol. The van der Waals surface area contributed by atoms with Crippen LogP contribution in [-0.2, 0) is 9.59 Å². The zero-order chi connectivity index (χ0) is 17.9. The topological polar surface area (TPSA) is 80.3 Å². The standard InChI is InChI=1S/C19H17NO4/c1-4-6-8-12(5-2)17(22)16-18(23)13-9-7-10-14(20-11(3)21)15(13)19(16)24/h4-10,16H,1H2,2-3H3,(H,20,21)/b8-6-,12-5+. The molecule has 0 spiro atoms. The Morgan fingerprint density at radius 3 is 2.50 bits per heavy atom. The Morgan fingerprint density at radius 2 is 1.92 bits per heavy atom. The van der Waals surface area contributed by atoms with Crippen molar-refractivity contribution in [3.63, 3.8) is 0 Å². The zero-order valence-corrected chi connectivity index (χ0v) is 13.5. The fourth-order valence-corrected chi connectivity index (χ4v) is 2.63. The lowest BCUT2D eigenvalue weighted by molar-refractivity contribution is -0.116. The smallest absolute Gasteiger partial charge is 0.221 e. The summed E-state index contributed by atoms with van der Waals surface area (Å²) in [5, 5.41) is 2.53. The number of Topliss-reactive ketones (excluding diaryl/α,β-unsaturated/α-hetero) is 3. The van der Waals surface area contributed by atoms with Gasteiger partial charge in [0.2, 0.25) is 5.91 Å². The molecule has 1 amide bonds. The van der Waals surface area contributed by atoms with Gasteiger partial charge in [0.05, 0.1) is 11.3 Å². The molecule has 0 heterocycles. The van der Waals surface area contributed by atoms with Crippen LogP contribution in [0.5, 0.6) is 0 Å². The van der Waals surface area contributed by atoms with Gasteiger partial charge in [-0.15, -0.1) is 0 Å². The van der Waals surface area contributed by atoms with Crippen molar-refractivity contribution in [3.05, 3.63) is 65.8 Å². The molecule has 122 valence electrons. The fourth-order valence-electron chi connectivity index (χ4n) is 2.63. The number of fused-ring (bicyclic) bond motifs is 1. The first-order valence-electron chi connectivity index (χ1n) is 7.41. The number of rotatable bonds is 5. The van der Waals surface area contributed by atoms with Crippen molar-refractivity contribution < 1.29 is 19.2 Å². The molecule has 0 saturated carbocycles. The SMILES string of the molecule is C=C/C=C\C(=C/C)C(=O)C1C(=O)c2cccc(NC(C)=O)c2C1=O. The van der Waals surface area contributed by atoms with Crippen molar-refractivity contribution in [1.82, 2.24) is 0 Å². The Hall–Kier alpha value is -3.08. The summed E-state index contributed by atoms with van der Waals surface area (Å²) in [5.41, 5.74) is 0.764. The highest BCUT2D eigenvalue weighted by atomic mass is 16.2. The summed E-state index contributed by atoms with van der Waals surface area (Å²) in [6, 6.07) is 4.59. The Bertz CT molecular complexity index is 815. The average Bonchev–Trinajstić information content (AvgIpc) is 2.79. The molecule has 0 saturated heterocycles. The second-order valence-corrected chi connectivity index (χ2v) is 5.27. The van der Waals surface area contributed by atoms with Gasteiger partial charge < -0.3 is 5.32 Å². The summed E-state index contributed by atoms with van der Waals surface area (Å²) in [6.07, 6.45) is 6.11. The van der Waals surface area contributed by atoms with E-state index in [1.165, 1.54) is 31.2 Å². The van der Waals surface area contributed by atoms with Crippen LogP contribution < -0.4 is 5.32 Å². The Balaban J connectivity index is 2.47. The van der Waals surface area contributed by atoms with Gasteiger partial charge in [0.15, 0.2) is 17.3 Å². The van der Waals surface area contributed by atoms with Gasteiger partial charge in [-0.1, -0.05) is 43.0 Å². The normalized spacial score (nSPS) is 17.1. The molecular weight excluding hydrogens is 306 g/mol. The lowest BCUT2D eigenvalue weighted by Gasteiger charge is -2.08. The van der Waals surface area contributed by atoms with E-state index in [2.05, 4.69) is 11.9 Å². The minimum Gasteiger partial charge on any atom is -0.326 e. The largest absolute Gasteiger partial charge is 0.326 e. The van der Waals surface area contributed by atoms with Crippen molar-refractivity contribution in [2.75, 3.05) is 5.32 Å². The molecule has 1 aromatic carbocycles. The van der Waals surface area contributed by atoms with Gasteiger partial charge in [-0.25, -0.2) is 0 Å². The molecule has 0 aliphatic heterocycles. The Kier molecular flexibility index (Phi) is 5.04. The third-order valence-electron chi connectivity index (χ3n) is 3.68. The van der Waals surface area contributed by atoms with Gasteiger partial charge in [0, 0.05) is 18.1 Å². The first-order chi connectivity index (χ1) is 11.4. The van der Waals surface area contributed by atoms with E-state index >= 15 is 0 Å². The summed E-state index contributed by atoms with van der Waals surface area (Å²) >= 11 is 0. The van der Waals surface area contributed by atoms with Gasteiger partial charge in [0.1, 0.15) is 5.92 Å². The van der Waals surface area contributed by atoms with Gasteiger partial charge in [-0.05, 0) is 13.0 Å². The lowest BCUT2D eigenvalue weighted by atomic mass is 9.92. The van der Waals surface area contributed by atoms with E-state index in [-0.39, 0.29) is 28.3 Å². The molecular formula is C19H17NO4. The van der Waals surface area contributed by atoms with Crippen molar-refractivity contribution in [3.8, 4) is 0 Å². The first-order valence-corrected chi connectivity index (χ1v) is 7.41. The maximum atomic E-state index is 12.7. The van der Waals surface area contributed by atoms with Crippen LogP contribution in [0, 0.1) is 5.92 Å². The molecule has 1 atom stereocenters. The van der Waals surface area contributed by atoms with Crippen LogP contribution in [-0.4, -0.2) is 23.3 Å². The third kappa shape index (κ3) is 3.01. The van der Waals surface area contributed by atoms with Crippen LogP contribution in [0.15, 0.2) is 54.7 Å². The maximum Gasteiger partial charge on any atom is 0.221 e. The highest BCUT2D eigenvalue weighted by Crippen LogP contribution is 2.34. The van der Waals surface area contributed by atoms with Crippen LogP contribution in [0.1, 0.15) is 34.6 Å². The van der Waals surface area contributed by atoms with Gasteiger partial charge in [0.25, 0.3) is 0 Å². The summed E-state index contributed by atoms with van der Waals surface area (Å²) in [7, 11) is 0. The molecule has 24 heavy (non-hydrogen) atoms. The second kappa shape index (κ2) is 7.00. The third-order valence-corrected chi connectivity index (χ3v) is 3.68. The number of anilines is 1. The van der Waals surface area contributed by atoms with Gasteiger partial charge in [-0.3, -0.25) is 19.2 Å². The highest BCUT2D eigenvalue weighted by molar-refractivity contribution is 6.39. The number of hydrogen-bond acceptors (Lipinski definition) is 4. The number of nitrogens with one attached hydrogen (secondary N) is 1. The summed E-state index contributed by atoms with van der Waals surface area (Å²) in [6.45, 7) is 6.49. The van der Waals surface area contributed by atoms with Crippen molar-refractivity contribution in [1.29, 1.82) is 0 Å². The Morgan fingerprint density at radius 1 is 1.21 bits per heavy atom. The van der Waals surface area contributed by atoms with E-state index in [4.69, 9.17) is 0 Å². The molecule has 1 aliphatic rings. The minimum absolute atomic E-state index is 0.0965. The summed E-state index contributed by atoms with van der Waals surface area (Å²) in [4.78, 5) is 49.1. The van der Waals surface area contributed by atoms with Crippen molar-refractivity contribution in [2.24, 2.45) is 5.92 Å². The molecule has 1 unspecified atom stereocenters. The zero-order valence-electron chi connectivity index (χ0n) is 13.5. The van der Waals surface area contributed by atoms with E-state index < -0.39 is 23.3 Å². The molecule has 2 rings (SSSR count). The fraction of sp³-hybridized carbons (Fsp3) is 0.158. The Labute approximate surface area is 139 Å². The van der Waals surface area contributed by atoms with Crippen molar-refractivity contribution >= 4 is 28.9 Å². The number of allylic oxidation sites excluding steroid dienone is 5. The molecule has 1 aliphatic carbocycles. The van der Waals surface area contributed by atoms with Crippen molar-refractivity contribution in [2.45, 2.75) is 13.8 Å². The van der Waals surface area contributed by atoms with Crippen LogP contribution in [0.3, 0.4) is 0 Å². The molecule has 1 N–H and O–H groups in total. The van der Waals surface area contributed by atoms with Crippen LogP contribution in [0.2, 0.25) is 0 Å². The predicted molar refractivity (Wildman–Crippen MR) is 91.0 cm³/mol. The van der Waals surface area contributed by atoms with Crippen LogP contribution in [0.4, 0.5) is 5.69 Å². The number of benzene rings is 1. The van der Waals surface area contributed by atoms with Crippen LogP contribution >= 0.6 is 0 Å². The number of hydrogen-bond donors (Lipinski definition) is 1.